The molecule has 0 spiro atoms. The summed E-state index contributed by atoms with van der Waals surface area (Å²) in [5, 5.41) is 7.72. The number of fused-ring (bicyclic) bond motifs is 1. The highest BCUT2D eigenvalue weighted by atomic mass is 16.5. The molecule has 0 radical (unpaired) electrons. The van der Waals surface area contributed by atoms with Crippen LogP contribution in [0.1, 0.15) is 28.4 Å². The van der Waals surface area contributed by atoms with E-state index in [1.54, 1.807) is 0 Å². The van der Waals surface area contributed by atoms with E-state index in [0.29, 0.717) is 18.4 Å². The van der Waals surface area contributed by atoms with Crippen molar-refractivity contribution in [3.05, 3.63) is 52.8 Å². The molecular weight excluding hydrogens is 288 g/mol. The lowest BCUT2D eigenvalue weighted by Gasteiger charge is -2.17. The van der Waals surface area contributed by atoms with Gasteiger partial charge in [-0.2, -0.15) is 5.10 Å². The van der Waals surface area contributed by atoms with Crippen LogP contribution in [-0.2, 0) is 24.3 Å². The number of rotatable bonds is 4. The topological polar surface area (TPSA) is 67.2 Å². The minimum atomic E-state index is 0.517. The van der Waals surface area contributed by atoms with Crippen LogP contribution in [0.4, 0.5) is 0 Å². The van der Waals surface area contributed by atoms with Gasteiger partial charge in [0.2, 0.25) is 0 Å². The van der Waals surface area contributed by atoms with Gasteiger partial charge in [-0.25, -0.2) is 0 Å². The van der Waals surface area contributed by atoms with Crippen LogP contribution in [0, 0.1) is 5.92 Å². The Morgan fingerprint density at radius 3 is 2.96 bits per heavy atom. The summed E-state index contributed by atoms with van der Waals surface area (Å²) in [4.78, 5) is 2.49. The summed E-state index contributed by atoms with van der Waals surface area (Å²) in [5.74, 6) is 1.04. The van der Waals surface area contributed by atoms with Gasteiger partial charge in [0.25, 0.3) is 0 Å². The van der Waals surface area contributed by atoms with E-state index in [0.717, 1.165) is 44.9 Å². The van der Waals surface area contributed by atoms with Gasteiger partial charge in [-0.15, -0.1) is 0 Å². The molecule has 5 heteroatoms. The van der Waals surface area contributed by atoms with Crippen molar-refractivity contribution in [3.63, 3.8) is 0 Å². The molecule has 1 aromatic heterocycles. The fourth-order valence-corrected chi connectivity index (χ4v) is 3.92. The highest BCUT2D eigenvalue weighted by Gasteiger charge is 2.33. The van der Waals surface area contributed by atoms with Crippen LogP contribution in [0.25, 0.3) is 0 Å². The molecular formula is C18H24N4O. The van der Waals surface area contributed by atoms with Crippen molar-refractivity contribution < 1.29 is 4.74 Å². The summed E-state index contributed by atoms with van der Waals surface area (Å²) in [6.45, 7) is 5.20. The van der Waals surface area contributed by atoms with Gasteiger partial charge in [-0.1, -0.05) is 30.3 Å². The molecule has 5 nitrogen and oxygen atoms in total. The molecule has 0 unspecified atom stereocenters. The lowest BCUT2D eigenvalue weighted by atomic mass is 9.89. The molecule has 4 rings (SSSR count). The number of aromatic amines is 1. The number of H-pyrrole nitrogens is 1. The number of nitrogens with zero attached hydrogens (tertiary/aromatic N) is 2. The predicted octanol–water partition coefficient (Wildman–Crippen LogP) is 1.66. The van der Waals surface area contributed by atoms with Gasteiger partial charge < -0.3 is 10.5 Å². The van der Waals surface area contributed by atoms with E-state index in [9.17, 15) is 0 Å². The average Bonchev–Trinajstić information content (AvgIpc) is 3.20. The third-order valence-corrected chi connectivity index (χ3v) is 5.20. The Morgan fingerprint density at radius 1 is 1.26 bits per heavy atom. The first-order chi connectivity index (χ1) is 11.3. The number of aromatic nitrogens is 2. The summed E-state index contributed by atoms with van der Waals surface area (Å²) >= 11 is 0. The van der Waals surface area contributed by atoms with Crippen LogP contribution in [0.2, 0.25) is 0 Å². The van der Waals surface area contributed by atoms with Crippen LogP contribution in [-0.4, -0.2) is 41.3 Å². The second kappa shape index (κ2) is 6.43. The highest BCUT2D eigenvalue weighted by molar-refractivity contribution is 5.27. The number of hydrogen-bond donors (Lipinski definition) is 2. The number of ether oxygens (including phenoxy) is 1. The number of nitrogens with one attached hydrogen (secondary N) is 1. The lowest BCUT2D eigenvalue weighted by molar-refractivity contribution is 0.109. The Morgan fingerprint density at radius 2 is 2.13 bits per heavy atom. The van der Waals surface area contributed by atoms with Crippen LogP contribution < -0.4 is 5.73 Å². The zero-order valence-corrected chi connectivity index (χ0v) is 13.4. The van der Waals surface area contributed by atoms with Crippen molar-refractivity contribution >= 4 is 0 Å². The molecule has 0 saturated carbocycles. The molecule has 0 bridgehead atoms. The van der Waals surface area contributed by atoms with Gasteiger partial charge in [0, 0.05) is 43.2 Å². The highest BCUT2D eigenvalue weighted by Crippen LogP contribution is 2.33. The maximum atomic E-state index is 6.04. The van der Waals surface area contributed by atoms with Crippen LogP contribution in [0.5, 0.6) is 0 Å². The molecule has 1 saturated heterocycles. The van der Waals surface area contributed by atoms with E-state index in [1.165, 1.54) is 16.8 Å². The Balaban J connectivity index is 1.49. The van der Waals surface area contributed by atoms with E-state index in [4.69, 9.17) is 10.5 Å². The van der Waals surface area contributed by atoms with Crippen molar-refractivity contribution in [2.24, 2.45) is 11.7 Å². The number of hydrogen-bond acceptors (Lipinski definition) is 4. The van der Waals surface area contributed by atoms with Gasteiger partial charge in [-0.3, -0.25) is 10.00 Å². The number of nitrogens with two attached hydrogens (primary N) is 1. The fraction of sp³-hybridized carbons (Fsp3) is 0.500. The van der Waals surface area contributed by atoms with Crippen LogP contribution in [0.3, 0.4) is 0 Å². The standard InChI is InChI=1S/C18H24N4O/c19-8-14-9-22(10-15(14)13-4-2-1-3-5-13)11-18-16-12-23-7-6-17(16)20-21-18/h1-5,14-15H,6-12,19H2,(H,20,21)/t14-,15+/m1/s1. The molecule has 2 atom stereocenters. The molecule has 3 N–H and O–H groups in total. The Hall–Kier alpha value is -1.69. The minimum Gasteiger partial charge on any atom is -0.376 e. The average molecular weight is 312 g/mol. The summed E-state index contributed by atoms with van der Waals surface area (Å²) in [6, 6.07) is 10.8. The Kier molecular flexibility index (Phi) is 4.16. The number of likely N-dealkylation sites (tertiary alicyclic amines) is 1. The number of benzene rings is 1. The van der Waals surface area contributed by atoms with Crippen molar-refractivity contribution in [2.75, 3.05) is 26.2 Å². The lowest BCUT2D eigenvalue weighted by Crippen LogP contribution is -2.24. The third kappa shape index (κ3) is 2.92. The molecule has 23 heavy (non-hydrogen) atoms. The molecule has 1 fully saturated rings. The van der Waals surface area contributed by atoms with Crippen molar-refractivity contribution in [1.29, 1.82) is 0 Å². The van der Waals surface area contributed by atoms with E-state index >= 15 is 0 Å². The normalized spacial score (nSPS) is 24.7. The molecule has 0 amide bonds. The smallest absolute Gasteiger partial charge is 0.0820 e. The summed E-state index contributed by atoms with van der Waals surface area (Å²) in [7, 11) is 0. The fourth-order valence-electron chi connectivity index (χ4n) is 3.92. The Labute approximate surface area is 136 Å². The SMILES string of the molecule is NC[C@@H]1CN(Cc2n[nH]c3c2COCC3)C[C@H]1c1ccccc1. The molecule has 3 heterocycles. The van der Waals surface area contributed by atoms with Crippen molar-refractivity contribution in [2.45, 2.75) is 25.5 Å². The second-order valence-corrected chi connectivity index (χ2v) is 6.64. The van der Waals surface area contributed by atoms with E-state index in [2.05, 4.69) is 45.4 Å². The minimum absolute atomic E-state index is 0.517. The zero-order valence-electron chi connectivity index (χ0n) is 13.4. The van der Waals surface area contributed by atoms with Gasteiger partial charge in [0.15, 0.2) is 0 Å². The summed E-state index contributed by atoms with van der Waals surface area (Å²) in [6.07, 6.45) is 0.945. The molecule has 2 aliphatic heterocycles. The third-order valence-electron chi connectivity index (χ3n) is 5.20. The van der Waals surface area contributed by atoms with Gasteiger partial charge in [0.1, 0.15) is 0 Å². The van der Waals surface area contributed by atoms with E-state index in [-0.39, 0.29) is 0 Å². The van der Waals surface area contributed by atoms with Gasteiger partial charge in [0.05, 0.1) is 18.9 Å². The monoisotopic (exact) mass is 312 g/mol. The quantitative estimate of drug-likeness (QED) is 0.901. The first-order valence-corrected chi connectivity index (χ1v) is 8.45. The molecule has 0 aliphatic carbocycles. The molecule has 122 valence electrons. The summed E-state index contributed by atoms with van der Waals surface area (Å²) < 4.78 is 5.59. The van der Waals surface area contributed by atoms with Gasteiger partial charge in [-0.05, 0) is 18.0 Å². The molecule has 1 aromatic carbocycles. The van der Waals surface area contributed by atoms with Crippen molar-refractivity contribution in [3.8, 4) is 0 Å². The Bertz CT molecular complexity index is 654. The molecule has 2 aromatic rings. The largest absolute Gasteiger partial charge is 0.376 e. The van der Waals surface area contributed by atoms with Crippen LogP contribution in [0.15, 0.2) is 30.3 Å². The van der Waals surface area contributed by atoms with E-state index < -0.39 is 0 Å². The van der Waals surface area contributed by atoms with Gasteiger partial charge >= 0.3 is 0 Å². The molecule has 2 aliphatic rings. The predicted molar refractivity (Wildman–Crippen MR) is 89.0 cm³/mol. The maximum absolute atomic E-state index is 6.04. The van der Waals surface area contributed by atoms with Crippen molar-refractivity contribution in [1.82, 2.24) is 15.1 Å². The van der Waals surface area contributed by atoms with Crippen LogP contribution >= 0.6 is 0 Å². The zero-order chi connectivity index (χ0) is 15.6. The first-order valence-electron chi connectivity index (χ1n) is 8.45. The van der Waals surface area contributed by atoms with E-state index in [1.807, 2.05) is 0 Å². The first kappa shape index (κ1) is 14.9. The maximum Gasteiger partial charge on any atom is 0.0820 e. The second-order valence-electron chi connectivity index (χ2n) is 6.64. The summed E-state index contributed by atoms with van der Waals surface area (Å²) in [5.41, 5.74) is 11.1.